The third kappa shape index (κ3) is 3.36. The van der Waals surface area contributed by atoms with Crippen molar-refractivity contribution in [1.29, 1.82) is 0 Å². The SMILES string of the molecule is CC(C)(C)n1c2ccccc2c2cc3c(cc21)c1cc2ccccc2cc1n3-c1cccc(-c2ccccc2)c1. The highest BCUT2D eigenvalue weighted by molar-refractivity contribution is 6.20. The van der Waals surface area contributed by atoms with E-state index in [2.05, 4.69) is 157 Å². The van der Waals surface area contributed by atoms with Gasteiger partial charge in [0.1, 0.15) is 0 Å². The highest BCUT2D eigenvalue weighted by Gasteiger charge is 2.23. The molecule has 0 aliphatic carbocycles. The summed E-state index contributed by atoms with van der Waals surface area (Å²) >= 11 is 0. The Morgan fingerprint density at radius 3 is 1.82 bits per heavy atom. The van der Waals surface area contributed by atoms with Crippen LogP contribution in [0.1, 0.15) is 20.8 Å². The van der Waals surface area contributed by atoms with Gasteiger partial charge in [-0.3, -0.25) is 0 Å². The summed E-state index contributed by atoms with van der Waals surface area (Å²) in [4.78, 5) is 0. The Morgan fingerprint density at radius 2 is 1.02 bits per heavy atom. The van der Waals surface area contributed by atoms with Gasteiger partial charge < -0.3 is 9.13 Å². The van der Waals surface area contributed by atoms with Gasteiger partial charge in [0.05, 0.1) is 16.6 Å². The highest BCUT2D eigenvalue weighted by Crippen LogP contribution is 2.41. The van der Waals surface area contributed by atoms with Crippen LogP contribution in [0.4, 0.5) is 0 Å². The maximum Gasteiger partial charge on any atom is 0.0548 e. The average molecular weight is 515 g/mol. The number of benzene rings is 6. The van der Waals surface area contributed by atoms with Crippen molar-refractivity contribution in [3.05, 3.63) is 127 Å². The molecule has 8 aromatic rings. The second kappa shape index (κ2) is 8.34. The molecule has 0 spiro atoms. The Kier molecular flexibility index (Phi) is 4.82. The number of para-hydroxylation sites is 1. The van der Waals surface area contributed by atoms with Crippen molar-refractivity contribution in [2.45, 2.75) is 26.3 Å². The predicted molar refractivity (Wildman–Crippen MR) is 172 cm³/mol. The molecule has 2 nitrogen and oxygen atoms in total. The van der Waals surface area contributed by atoms with Crippen molar-refractivity contribution in [3.63, 3.8) is 0 Å². The van der Waals surface area contributed by atoms with Crippen molar-refractivity contribution >= 4 is 54.4 Å². The van der Waals surface area contributed by atoms with E-state index in [4.69, 9.17) is 0 Å². The quantitative estimate of drug-likeness (QED) is 0.217. The molecule has 0 saturated heterocycles. The maximum absolute atomic E-state index is 2.51. The molecular formula is C38H30N2. The van der Waals surface area contributed by atoms with E-state index < -0.39 is 0 Å². The first-order valence-electron chi connectivity index (χ1n) is 14.0. The van der Waals surface area contributed by atoms with Crippen LogP contribution in [0.25, 0.3) is 71.2 Å². The second-order valence-corrected chi connectivity index (χ2v) is 11.9. The normalized spacial score (nSPS) is 12.4. The molecule has 0 amide bonds. The molecule has 0 atom stereocenters. The number of nitrogens with zero attached hydrogens (tertiary/aromatic N) is 2. The number of aromatic nitrogens is 2. The summed E-state index contributed by atoms with van der Waals surface area (Å²) in [6.45, 7) is 6.90. The molecule has 192 valence electrons. The lowest BCUT2D eigenvalue weighted by atomic mass is 10.0. The molecule has 2 heteroatoms. The first kappa shape index (κ1) is 23.1. The Morgan fingerprint density at radius 1 is 0.425 bits per heavy atom. The average Bonchev–Trinajstić information content (AvgIpc) is 3.47. The van der Waals surface area contributed by atoms with Gasteiger partial charge in [-0.15, -0.1) is 0 Å². The van der Waals surface area contributed by atoms with E-state index in [0.29, 0.717) is 0 Å². The van der Waals surface area contributed by atoms with Gasteiger partial charge in [-0.25, -0.2) is 0 Å². The third-order valence-corrected chi connectivity index (χ3v) is 8.31. The fourth-order valence-electron chi connectivity index (χ4n) is 6.62. The second-order valence-electron chi connectivity index (χ2n) is 11.9. The van der Waals surface area contributed by atoms with Crippen LogP contribution in [0.2, 0.25) is 0 Å². The minimum atomic E-state index is -0.0515. The zero-order chi connectivity index (χ0) is 27.0. The van der Waals surface area contributed by atoms with Gasteiger partial charge in [0.15, 0.2) is 0 Å². The molecule has 0 bridgehead atoms. The van der Waals surface area contributed by atoms with E-state index >= 15 is 0 Å². The Bertz CT molecular complexity index is 2240. The van der Waals surface area contributed by atoms with Crippen LogP contribution < -0.4 is 0 Å². The minimum Gasteiger partial charge on any atom is -0.335 e. The van der Waals surface area contributed by atoms with Crippen molar-refractivity contribution in [1.82, 2.24) is 9.13 Å². The number of rotatable bonds is 2. The minimum absolute atomic E-state index is 0.0515. The largest absolute Gasteiger partial charge is 0.335 e. The van der Waals surface area contributed by atoms with E-state index in [1.54, 1.807) is 0 Å². The molecule has 0 aliphatic heterocycles. The Balaban J connectivity index is 1.54. The molecule has 2 heterocycles. The summed E-state index contributed by atoms with van der Waals surface area (Å²) in [7, 11) is 0. The lowest BCUT2D eigenvalue weighted by molar-refractivity contribution is 0.423. The highest BCUT2D eigenvalue weighted by atomic mass is 15.1. The van der Waals surface area contributed by atoms with Crippen LogP contribution >= 0.6 is 0 Å². The van der Waals surface area contributed by atoms with Crippen molar-refractivity contribution in [2.24, 2.45) is 0 Å². The first-order chi connectivity index (χ1) is 19.5. The molecule has 40 heavy (non-hydrogen) atoms. The maximum atomic E-state index is 2.51. The smallest absolute Gasteiger partial charge is 0.0548 e. The molecule has 8 rings (SSSR count). The molecule has 0 fully saturated rings. The summed E-state index contributed by atoms with van der Waals surface area (Å²) in [5, 5.41) is 7.69. The lowest BCUT2D eigenvalue weighted by Crippen LogP contribution is -2.21. The van der Waals surface area contributed by atoms with Crippen LogP contribution in [0, 0.1) is 0 Å². The summed E-state index contributed by atoms with van der Waals surface area (Å²) in [6, 6.07) is 46.7. The van der Waals surface area contributed by atoms with Gasteiger partial charge in [-0.05, 0) is 85.1 Å². The van der Waals surface area contributed by atoms with Crippen molar-refractivity contribution < 1.29 is 0 Å². The van der Waals surface area contributed by atoms with Gasteiger partial charge in [0.2, 0.25) is 0 Å². The van der Waals surface area contributed by atoms with Crippen LogP contribution in [0.5, 0.6) is 0 Å². The van der Waals surface area contributed by atoms with Gasteiger partial charge in [-0.2, -0.15) is 0 Å². The Labute approximate surface area is 233 Å². The molecule has 2 aromatic heterocycles. The zero-order valence-electron chi connectivity index (χ0n) is 23.0. The number of hydrogen-bond donors (Lipinski definition) is 0. The molecule has 0 unspecified atom stereocenters. The Hall–Kier alpha value is -4.82. The van der Waals surface area contributed by atoms with Crippen molar-refractivity contribution in [3.8, 4) is 16.8 Å². The molecule has 0 radical (unpaired) electrons. The molecule has 0 aliphatic rings. The fraction of sp³-hybridized carbons (Fsp3) is 0.105. The zero-order valence-corrected chi connectivity index (χ0v) is 23.0. The summed E-state index contributed by atoms with van der Waals surface area (Å²) < 4.78 is 4.98. The standard InChI is InChI=1S/C38H30N2/c1-38(2,3)40-34-19-10-9-18-30(34)32-23-36-33(24-37(32)40)31-21-27-14-7-8-15-28(27)22-35(31)39(36)29-17-11-16-26(20-29)25-12-5-4-6-13-25/h4-24H,1-3H3. The van der Waals surface area contributed by atoms with Crippen LogP contribution in [0.15, 0.2) is 127 Å². The van der Waals surface area contributed by atoms with E-state index in [1.807, 2.05) is 0 Å². The van der Waals surface area contributed by atoms with Crippen LogP contribution in [-0.2, 0) is 5.54 Å². The van der Waals surface area contributed by atoms with Gasteiger partial charge >= 0.3 is 0 Å². The first-order valence-corrected chi connectivity index (χ1v) is 14.0. The summed E-state index contributed by atoms with van der Waals surface area (Å²) in [5.41, 5.74) is 8.61. The lowest BCUT2D eigenvalue weighted by Gasteiger charge is -2.24. The molecular weight excluding hydrogens is 484 g/mol. The van der Waals surface area contributed by atoms with E-state index in [0.717, 1.165) is 0 Å². The number of fused-ring (bicyclic) bond motifs is 7. The topological polar surface area (TPSA) is 9.86 Å². The third-order valence-electron chi connectivity index (χ3n) is 8.31. The van der Waals surface area contributed by atoms with Crippen molar-refractivity contribution in [2.75, 3.05) is 0 Å². The molecule has 0 N–H and O–H groups in total. The van der Waals surface area contributed by atoms with Gasteiger partial charge in [0.25, 0.3) is 0 Å². The van der Waals surface area contributed by atoms with Gasteiger partial charge in [0, 0.05) is 38.3 Å². The summed E-state index contributed by atoms with van der Waals surface area (Å²) in [6.07, 6.45) is 0. The van der Waals surface area contributed by atoms with E-state index in [9.17, 15) is 0 Å². The summed E-state index contributed by atoms with van der Waals surface area (Å²) in [5.74, 6) is 0. The van der Waals surface area contributed by atoms with Gasteiger partial charge in [-0.1, -0.05) is 84.9 Å². The molecule has 0 saturated carbocycles. The van der Waals surface area contributed by atoms with E-state index in [1.165, 1.54) is 71.2 Å². The van der Waals surface area contributed by atoms with E-state index in [-0.39, 0.29) is 5.54 Å². The van der Waals surface area contributed by atoms with Crippen LogP contribution in [0.3, 0.4) is 0 Å². The fourth-order valence-corrected chi connectivity index (χ4v) is 6.62. The number of hydrogen-bond acceptors (Lipinski definition) is 0. The molecule has 6 aromatic carbocycles. The monoisotopic (exact) mass is 514 g/mol. The predicted octanol–water partition coefficient (Wildman–Crippen LogP) is 10.5. The van der Waals surface area contributed by atoms with Crippen LogP contribution in [-0.4, -0.2) is 9.13 Å².